The van der Waals surface area contributed by atoms with Gasteiger partial charge in [-0.1, -0.05) is 18.2 Å². The van der Waals surface area contributed by atoms with Crippen LogP contribution in [0.2, 0.25) is 0 Å². The summed E-state index contributed by atoms with van der Waals surface area (Å²) in [5.74, 6) is 1.38. The van der Waals surface area contributed by atoms with Gasteiger partial charge in [-0.15, -0.1) is 0 Å². The number of nitrogens with one attached hydrogen (secondary N) is 1. The molecule has 1 aromatic heterocycles. The molecule has 1 spiro atoms. The zero-order valence-corrected chi connectivity index (χ0v) is 14.4. The van der Waals surface area contributed by atoms with E-state index in [0.29, 0.717) is 5.92 Å². The van der Waals surface area contributed by atoms with Crippen LogP contribution >= 0.6 is 0 Å². The maximum atomic E-state index is 12.8. The molecule has 132 valence electrons. The van der Waals surface area contributed by atoms with E-state index in [1.165, 1.54) is 0 Å². The van der Waals surface area contributed by atoms with E-state index < -0.39 is 0 Å². The maximum Gasteiger partial charge on any atom is 0.318 e. The summed E-state index contributed by atoms with van der Waals surface area (Å²) in [5, 5.41) is 4.35. The normalized spacial score (nSPS) is 27.3. The van der Waals surface area contributed by atoms with Crippen LogP contribution < -0.4 is 5.32 Å². The molecular formula is C20H24N2O3. The van der Waals surface area contributed by atoms with Crippen molar-refractivity contribution in [2.75, 3.05) is 26.3 Å². The second-order valence-electron chi connectivity index (χ2n) is 7.93. The van der Waals surface area contributed by atoms with Crippen LogP contribution in [0, 0.1) is 11.3 Å². The number of hydrogen-bond acceptors (Lipinski definition) is 3. The molecule has 1 aromatic carbocycles. The highest BCUT2D eigenvalue weighted by atomic mass is 16.5. The Morgan fingerprint density at radius 1 is 1.28 bits per heavy atom. The molecule has 2 saturated heterocycles. The number of ether oxygens (including phenoxy) is 1. The van der Waals surface area contributed by atoms with Crippen molar-refractivity contribution in [2.45, 2.75) is 31.7 Å². The van der Waals surface area contributed by atoms with Gasteiger partial charge in [0.15, 0.2) is 0 Å². The van der Waals surface area contributed by atoms with E-state index >= 15 is 0 Å². The smallest absolute Gasteiger partial charge is 0.318 e. The molecule has 5 heteroatoms. The van der Waals surface area contributed by atoms with Crippen LogP contribution in [-0.4, -0.2) is 37.2 Å². The molecule has 3 fully saturated rings. The number of hydrogen-bond donors (Lipinski definition) is 1. The third kappa shape index (κ3) is 2.80. The van der Waals surface area contributed by atoms with Crippen LogP contribution in [0.4, 0.5) is 4.79 Å². The third-order valence-corrected chi connectivity index (χ3v) is 6.03. The standard InChI is InChI=1S/C20H24N2O3/c23-19(22-9-7-20(12-22)8-10-24-13-20)21-18(14-5-6-14)17-11-15-3-1-2-4-16(15)25-17/h1-4,11,14,18H,5-10,12-13H2,(H,21,23). The lowest BCUT2D eigenvalue weighted by Crippen LogP contribution is -2.42. The van der Waals surface area contributed by atoms with Gasteiger partial charge in [-0.3, -0.25) is 0 Å². The number of para-hydroxylation sites is 1. The minimum absolute atomic E-state index is 0.0173. The van der Waals surface area contributed by atoms with Crippen molar-refractivity contribution < 1.29 is 13.9 Å². The van der Waals surface area contributed by atoms with E-state index in [1.54, 1.807) is 0 Å². The maximum absolute atomic E-state index is 12.8. The highest BCUT2D eigenvalue weighted by Crippen LogP contribution is 2.43. The van der Waals surface area contributed by atoms with Crippen LogP contribution in [0.15, 0.2) is 34.7 Å². The van der Waals surface area contributed by atoms with Gasteiger partial charge in [-0.05, 0) is 43.7 Å². The Morgan fingerprint density at radius 3 is 2.92 bits per heavy atom. The minimum atomic E-state index is -0.0173. The number of amides is 2. The SMILES string of the molecule is O=C(NC(c1cc2ccccc2o1)C1CC1)N1CCC2(CCOC2)C1. The number of furan rings is 1. The lowest BCUT2D eigenvalue weighted by molar-refractivity contribution is 0.151. The first-order valence-corrected chi connectivity index (χ1v) is 9.34. The lowest BCUT2D eigenvalue weighted by atomic mass is 9.87. The second-order valence-corrected chi connectivity index (χ2v) is 7.93. The fraction of sp³-hybridized carbons (Fsp3) is 0.550. The van der Waals surface area contributed by atoms with Gasteiger partial charge in [-0.25, -0.2) is 4.79 Å². The summed E-state index contributed by atoms with van der Waals surface area (Å²) in [7, 11) is 0. The predicted molar refractivity (Wildman–Crippen MR) is 94.3 cm³/mol. The van der Waals surface area contributed by atoms with Crippen molar-refractivity contribution in [3.05, 3.63) is 36.1 Å². The van der Waals surface area contributed by atoms with E-state index in [2.05, 4.69) is 17.4 Å². The topological polar surface area (TPSA) is 54.7 Å². The molecule has 2 aromatic rings. The van der Waals surface area contributed by atoms with Crippen LogP contribution in [0.5, 0.6) is 0 Å². The molecule has 5 nitrogen and oxygen atoms in total. The molecule has 1 saturated carbocycles. The van der Waals surface area contributed by atoms with E-state index in [1.807, 2.05) is 23.1 Å². The number of likely N-dealkylation sites (tertiary alicyclic amines) is 1. The molecule has 0 bridgehead atoms. The first-order valence-electron chi connectivity index (χ1n) is 9.34. The van der Waals surface area contributed by atoms with Crippen LogP contribution in [0.25, 0.3) is 11.0 Å². The van der Waals surface area contributed by atoms with Crippen LogP contribution in [0.1, 0.15) is 37.5 Å². The first kappa shape index (κ1) is 15.3. The van der Waals surface area contributed by atoms with Crippen molar-refractivity contribution in [1.82, 2.24) is 10.2 Å². The first-order chi connectivity index (χ1) is 12.2. The molecule has 3 heterocycles. The Morgan fingerprint density at radius 2 is 2.16 bits per heavy atom. The molecule has 0 radical (unpaired) electrons. The summed E-state index contributed by atoms with van der Waals surface area (Å²) in [5.41, 5.74) is 1.09. The van der Waals surface area contributed by atoms with E-state index in [0.717, 1.165) is 68.7 Å². The molecule has 2 aliphatic heterocycles. The van der Waals surface area contributed by atoms with Crippen molar-refractivity contribution in [2.24, 2.45) is 11.3 Å². The van der Waals surface area contributed by atoms with Gasteiger partial charge < -0.3 is 19.4 Å². The Bertz CT molecular complexity index is 756. The summed E-state index contributed by atoms with van der Waals surface area (Å²) in [6, 6.07) is 10.1. The number of benzene rings is 1. The minimum Gasteiger partial charge on any atom is -0.459 e. The summed E-state index contributed by atoms with van der Waals surface area (Å²) in [6.07, 6.45) is 4.44. The number of carbonyl (C=O) groups excluding carboxylic acids is 1. The number of urea groups is 1. The number of rotatable bonds is 3. The monoisotopic (exact) mass is 340 g/mol. The van der Waals surface area contributed by atoms with Crippen molar-refractivity contribution >= 4 is 17.0 Å². The molecule has 3 aliphatic rings. The Labute approximate surface area is 147 Å². The number of nitrogens with zero attached hydrogens (tertiary/aromatic N) is 1. The van der Waals surface area contributed by atoms with Gasteiger partial charge in [0.25, 0.3) is 0 Å². The van der Waals surface area contributed by atoms with E-state index in [4.69, 9.17) is 9.15 Å². The Hall–Kier alpha value is -2.01. The summed E-state index contributed by atoms with van der Waals surface area (Å²) in [4.78, 5) is 14.8. The zero-order chi connectivity index (χ0) is 16.9. The van der Waals surface area contributed by atoms with Gasteiger partial charge in [0.2, 0.25) is 0 Å². The van der Waals surface area contributed by atoms with Gasteiger partial charge in [0.05, 0.1) is 12.6 Å². The zero-order valence-electron chi connectivity index (χ0n) is 14.4. The molecule has 2 atom stereocenters. The van der Waals surface area contributed by atoms with Gasteiger partial charge in [0, 0.05) is 30.5 Å². The molecule has 1 N–H and O–H groups in total. The molecule has 2 unspecified atom stereocenters. The molecule has 5 rings (SSSR count). The molecule has 25 heavy (non-hydrogen) atoms. The van der Waals surface area contributed by atoms with Crippen molar-refractivity contribution in [3.63, 3.8) is 0 Å². The Balaban J connectivity index is 1.33. The average Bonchev–Trinajstić information content (AvgIpc) is 3.06. The Kier molecular flexibility index (Phi) is 3.52. The van der Waals surface area contributed by atoms with E-state index in [9.17, 15) is 4.79 Å². The van der Waals surface area contributed by atoms with E-state index in [-0.39, 0.29) is 17.5 Å². The summed E-state index contributed by atoms with van der Waals surface area (Å²) >= 11 is 0. The highest BCUT2D eigenvalue weighted by Gasteiger charge is 2.44. The highest BCUT2D eigenvalue weighted by molar-refractivity contribution is 5.79. The molecular weight excluding hydrogens is 316 g/mol. The fourth-order valence-electron chi connectivity index (χ4n) is 4.31. The summed E-state index contributed by atoms with van der Waals surface area (Å²) < 4.78 is 11.6. The van der Waals surface area contributed by atoms with Gasteiger partial charge in [-0.2, -0.15) is 0 Å². The van der Waals surface area contributed by atoms with Crippen LogP contribution in [-0.2, 0) is 4.74 Å². The van der Waals surface area contributed by atoms with Gasteiger partial charge >= 0.3 is 6.03 Å². The van der Waals surface area contributed by atoms with Crippen molar-refractivity contribution in [3.8, 4) is 0 Å². The summed E-state index contributed by atoms with van der Waals surface area (Å²) in [6.45, 7) is 3.27. The predicted octanol–water partition coefficient (Wildman–Crippen LogP) is 3.71. The number of carbonyl (C=O) groups is 1. The average molecular weight is 340 g/mol. The number of fused-ring (bicyclic) bond motifs is 1. The largest absolute Gasteiger partial charge is 0.459 e. The lowest BCUT2D eigenvalue weighted by Gasteiger charge is -2.24. The quantitative estimate of drug-likeness (QED) is 0.927. The molecule has 2 amide bonds. The van der Waals surface area contributed by atoms with Gasteiger partial charge in [0.1, 0.15) is 11.3 Å². The second kappa shape index (κ2) is 5.77. The fourth-order valence-corrected chi connectivity index (χ4v) is 4.31. The molecule has 1 aliphatic carbocycles. The van der Waals surface area contributed by atoms with Crippen molar-refractivity contribution in [1.29, 1.82) is 0 Å². The third-order valence-electron chi connectivity index (χ3n) is 6.03. The van der Waals surface area contributed by atoms with Crippen LogP contribution in [0.3, 0.4) is 0 Å².